The van der Waals surface area contributed by atoms with E-state index in [9.17, 15) is 4.79 Å². The Hall–Kier alpha value is -2.08. The molecule has 16 heavy (non-hydrogen) atoms. The number of rotatable bonds is 3. The molecule has 3 nitrogen and oxygen atoms in total. The summed E-state index contributed by atoms with van der Waals surface area (Å²) >= 11 is 0. The number of amides is 1. The molecule has 0 aliphatic rings. The van der Waals surface area contributed by atoms with Crippen molar-refractivity contribution in [3.63, 3.8) is 0 Å². The molecule has 1 aromatic rings. The minimum atomic E-state index is -0.328. The summed E-state index contributed by atoms with van der Waals surface area (Å²) in [5, 5.41) is 11.5. The van der Waals surface area contributed by atoms with Crippen LogP contribution in [0.25, 0.3) is 6.08 Å². The van der Waals surface area contributed by atoms with Crippen LogP contribution in [-0.2, 0) is 4.79 Å². The highest BCUT2D eigenvalue weighted by molar-refractivity contribution is 6.01. The van der Waals surface area contributed by atoms with Crippen LogP contribution in [0.5, 0.6) is 0 Å². The van der Waals surface area contributed by atoms with Crippen LogP contribution in [0.1, 0.15) is 18.1 Å². The average Bonchev–Trinajstić information content (AvgIpc) is 2.28. The molecular formula is C13H14N2O. The predicted octanol–water partition coefficient (Wildman–Crippen LogP) is 2.04. The third-order valence-corrected chi connectivity index (χ3v) is 2.09. The molecule has 0 spiro atoms. The minimum absolute atomic E-state index is 0.130. The van der Waals surface area contributed by atoms with Crippen LogP contribution < -0.4 is 5.32 Å². The Balaban J connectivity index is 2.92. The summed E-state index contributed by atoms with van der Waals surface area (Å²) in [6, 6.07) is 9.55. The number of nitriles is 1. The number of benzene rings is 1. The fourth-order valence-electron chi connectivity index (χ4n) is 1.23. The molecule has 0 saturated heterocycles. The standard InChI is InChI=1S/C13H14N2O/c1-3-15-13(16)12(9-14)8-11-6-4-10(2)5-7-11/h4-8H,3H2,1-2H3,(H,15,16). The quantitative estimate of drug-likeness (QED) is 0.618. The summed E-state index contributed by atoms with van der Waals surface area (Å²) in [5.74, 6) is -0.328. The predicted molar refractivity (Wildman–Crippen MR) is 63.5 cm³/mol. The number of nitrogens with zero attached hydrogens (tertiary/aromatic N) is 1. The van der Waals surface area contributed by atoms with Gasteiger partial charge in [0.25, 0.3) is 5.91 Å². The fourth-order valence-corrected chi connectivity index (χ4v) is 1.23. The molecule has 1 rings (SSSR count). The highest BCUT2D eigenvalue weighted by Gasteiger charge is 2.06. The Morgan fingerprint density at radius 1 is 1.44 bits per heavy atom. The number of carbonyl (C=O) groups excluding carboxylic acids is 1. The van der Waals surface area contributed by atoms with E-state index in [0.29, 0.717) is 6.54 Å². The van der Waals surface area contributed by atoms with Gasteiger partial charge in [0, 0.05) is 6.54 Å². The summed E-state index contributed by atoms with van der Waals surface area (Å²) < 4.78 is 0. The van der Waals surface area contributed by atoms with Gasteiger partial charge < -0.3 is 5.32 Å². The van der Waals surface area contributed by atoms with Gasteiger partial charge in [0.2, 0.25) is 0 Å². The molecule has 0 unspecified atom stereocenters. The summed E-state index contributed by atoms with van der Waals surface area (Å²) in [4.78, 5) is 11.4. The first-order chi connectivity index (χ1) is 7.67. The maximum atomic E-state index is 11.4. The topological polar surface area (TPSA) is 52.9 Å². The van der Waals surface area contributed by atoms with Crippen LogP contribution in [0, 0.1) is 18.3 Å². The molecule has 0 saturated carbocycles. The van der Waals surface area contributed by atoms with Crippen LogP contribution in [-0.4, -0.2) is 12.5 Å². The van der Waals surface area contributed by atoms with E-state index >= 15 is 0 Å². The lowest BCUT2D eigenvalue weighted by molar-refractivity contribution is -0.116. The molecule has 1 aromatic carbocycles. The number of nitrogens with one attached hydrogen (secondary N) is 1. The highest BCUT2D eigenvalue weighted by Crippen LogP contribution is 2.08. The molecule has 0 aliphatic heterocycles. The number of hydrogen-bond donors (Lipinski definition) is 1. The van der Waals surface area contributed by atoms with Gasteiger partial charge >= 0.3 is 0 Å². The van der Waals surface area contributed by atoms with E-state index in [1.54, 1.807) is 6.08 Å². The van der Waals surface area contributed by atoms with E-state index in [2.05, 4.69) is 5.32 Å². The zero-order valence-electron chi connectivity index (χ0n) is 9.45. The number of hydrogen-bond acceptors (Lipinski definition) is 2. The smallest absolute Gasteiger partial charge is 0.261 e. The largest absolute Gasteiger partial charge is 0.352 e. The molecular weight excluding hydrogens is 200 g/mol. The molecule has 1 N–H and O–H groups in total. The van der Waals surface area contributed by atoms with Crippen LogP contribution in [0.4, 0.5) is 0 Å². The molecule has 0 aliphatic carbocycles. The normalized spacial score (nSPS) is 10.7. The Bertz CT molecular complexity index is 438. The molecule has 0 aromatic heterocycles. The lowest BCUT2D eigenvalue weighted by Gasteiger charge is -2.00. The van der Waals surface area contributed by atoms with Gasteiger partial charge in [0.1, 0.15) is 11.6 Å². The zero-order valence-corrected chi connectivity index (χ0v) is 9.45. The third kappa shape index (κ3) is 3.25. The second-order valence-electron chi connectivity index (χ2n) is 3.44. The Morgan fingerprint density at radius 3 is 2.56 bits per heavy atom. The van der Waals surface area contributed by atoms with Gasteiger partial charge in [-0.05, 0) is 25.5 Å². The van der Waals surface area contributed by atoms with Gasteiger partial charge in [0.05, 0.1) is 0 Å². The lowest BCUT2D eigenvalue weighted by atomic mass is 10.1. The van der Waals surface area contributed by atoms with Crippen molar-refractivity contribution >= 4 is 12.0 Å². The molecule has 0 heterocycles. The van der Waals surface area contributed by atoms with Crippen LogP contribution in [0.15, 0.2) is 29.8 Å². The third-order valence-electron chi connectivity index (χ3n) is 2.09. The van der Waals surface area contributed by atoms with Gasteiger partial charge in [-0.15, -0.1) is 0 Å². The van der Waals surface area contributed by atoms with E-state index in [1.807, 2.05) is 44.2 Å². The minimum Gasteiger partial charge on any atom is -0.352 e. The van der Waals surface area contributed by atoms with E-state index in [4.69, 9.17) is 5.26 Å². The second kappa shape index (κ2) is 5.72. The van der Waals surface area contributed by atoms with Crippen LogP contribution in [0.3, 0.4) is 0 Å². The SMILES string of the molecule is CCNC(=O)C(C#N)=Cc1ccc(C)cc1. The summed E-state index contributed by atoms with van der Waals surface area (Å²) in [6.07, 6.45) is 1.59. The summed E-state index contributed by atoms with van der Waals surface area (Å²) in [5.41, 5.74) is 2.13. The van der Waals surface area contributed by atoms with Crippen molar-refractivity contribution < 1.29 is 4.79 Å². The van der Waals surface area contributed by atoms with Gasteiger partial charge in [-0.2, -0.15) is 5.26 Å². The zero-order chi connectivity index (χ0) is 12.0. The van der Waals surface area contributed by atoms with Gasteiger partial charge in [-0.1, -0.05) is 29.8 Å². The number of carbonyl (C=O) groups is 1. The highest BCUT2D eigenvalue weighted by atomic mass is 16.1. The fraction of sp³-hybridized carbons (Fsp3) is 0.231. The van der Waals surface area contributed by atoms with Crippen molar-refractivity contribution in [1.82, 2.24) is 5.32 Å². The molecule has 82 valence electrons. The monoisotopic (exact) mass is 214 g/mol. The van der Waals surface area contributed by atoms with Crippen LogP contribution in [0.2, 0.25) is 0 Å². The van der Waals surface area contributed by atoms with E-state index in [1.165, 1.54) is 0 Å². The lowest BCUT2D eigenvalue weighted by Crippen LogP contribution is -2.23. The van der Waals surface area contributed by atoms with E-state index in [0.717, 1.165) is 11.1 Å². The first-order valence-corrected chi connectivity index (χ1v) is 5.14. The number of likely N-dealkylation sites (N-methyl/N-ethyl adjacent to an activating group) is 1. The van der Waals surface area contributed by atoms with Gasteiger partial charge in [0.15, 0.2) is 0 Å². The van der Waals surface area contributed by atoms with Crippen molar-refractivity contribution in [3.8, 4) is 6.07 Å². The molecule has 0 fully saturated rings. The van der Waals surface area contributed by atoms with E-state index < -0.39 is 0 Å². The summed E-state index contributed by atoms with van der Waals surface area (Å²) in [7, 11) is 0. The second-order valence-corrected chi connectivity index (χ2v) is 3.44. The first-order valence-electron chi connectivity index (χ1n) is 5.14. The van der Waals surface area contributed by atoms with Crippen molar-refractivity contribution in [2.45, 2.75) is 13.8 Å². The maximum Gasteiger partial charge on any atom is 0.261 e. The first kappa shape index (κ1) is 12.0. The van der Waals surface area contributed by atoms with Gasteiger partial charge in [-0.3, -0.25) is 4.79 Å². The van der Waals surface area contributed by atoms with Crippen molar-refractivity contribution in [1.29, 1.82) is 5.26 Å². The van der Waals surface area contributed by atoms with Crippen molar-refractivity contribution in [3.05, 3.63) is 41.0 Å². The van der Waals surface area contributed by atoms with Gasteiger partial charge in [-0.25, -0.2) is 0 Å². The van der Waals surface area contributed by atoms with Crippen LogP contribution >= 0.6 is 0 Å². The molecule has 3 heteroatoms. The maximum absolute atomic E-state index is 11.4. The van der Waals surface area contributed by atoms with Crippen molar-refractivity contribution in [2.75, 3.05) is 6.54 Å². The Kier molecular flexibility index (Phi) is 4.28. The van der Waals surface area contributed by atoms with E-state index in [-0.39, 0.29) is 11.5 Å². The molecule has 1 amide bonds. The Labute approximate surface area is 95.4 Å². The van der Waals surface area contributed by atoms with Crippen molar-refractivity contribution in [2.24, 2.45) is 0 Å². The molecule has 0 bridgehead atoms. The molecule has 0 radical (unpaired) electrons. The molecule has 0 atom stereocenters. The number of aryl methyl sites for hydroxylation is 1. The summed E-state index contributed by atoms with van der Waals surface area (Å²) in [6.45, 7) is 4.33. The Morgan fingerprint density at radius 2 is 2.06 bits per heavy atom. The average molecular weight is 214 g/mol.